The molecule has 0 bridgehead atoms. The molecule has 7 heteroatoms. The van der Waals surface area contributed by atoms with Crippen LogP contribution in [0.25, 0.3) is 0 Å². The molecular formula is C12H14N4O2S. The predicted octanol–water partition coefficient (Wildman–Crippen LogP) is 1.06. The Bertz CT molecular complexity index is 530. The number of carbonyl (C=O) groups is 1. The first kappa shape index (κ1) is 13.4. The number of aromatic nitrogens is 2. The van der Waals surface area contributed by atoms with E-state index in [1.807, 2.05) is 30.3 Å². The molecule has 0 atom stereocenters. The quantitative estimate of drug-likeness (QED) is 0.824. The van der Waals surface area contributed by atoms with Gasteiger partial charge in [-0.3, -0.25) is 10.1 Å². The molecule has 0 aliphatic carbocycles. The zero-order valence-electron chi connectivity index (χ0n) is 10.2. The van der Waals surface area contributed by atoms with Gasteiger partial charge in [-0.05, 0) is 12.1 Å². The van der Waals surface area contributed by atoms with Crippen LogP contribution in [0.1, 0.15) is 5.01 Å². The van der Waals surface area contributed by atoms with Crippen LogP contribution in [0, 0.1) is 0 Å². The molecule has 0 saturated carbocycles. The van der Waals surface area contributed by atoms with E-state index in [9.17, 15) is 4.79 Å². The standard InChI is InChI=1S/C12H14N4O2S/c13-8-10(17)14-12-16-15-11(19-12)6-7-18-9-4-2-1-3-5-9/h1-5H,6-8,13H2,(H,14,16,17). The molecule has 1 amide bonds. The second-order valence-corrected chi connectivity index (χ2v) is 4.73. The predicted molar refractivity (Wildman–Crippen MR) is 73.2 cm³/mol. The Hall–Kier alpha value is -1.99. The number of anilines is 1. The van der Waals surface area contributed by atoms with E-state index < -0.39 is 0 Å². The van der Waals surface area contributed by atoms with Gasteiger partial charge in [-0.1, -0.05) is 29.5 Å². The van der Waals surface area contributed by atoms with Crippen molar-refractivity contribution < 1.29 is 9.53 Å². The zero-order valence-corrected chi connectivity index (χ0v) is 11.0. The van der Waals surface area contributed by atoms with Crippen LogP contribution in [0.15, 0.2) is 30.3 Å². The lowest BCUT2D eigenvalue weighted by Gasteiger charge is -2.03. The molecule has 0 unspecified atom stereocenters. The van der Waals surface area contributed by atoms with Crippen LogP contribution in [0.5, 0.6) is 5.75 Å². The molecule has 0 saturated heterocycles. The SMILES string of the molecule is NCC(=O)Nc1nnc(CCOc2ccccc2)s1. The molecule has 0 aliphatic rings. The number of carbonyl (C=O) groups excluding carboxylic acids is 1. The van der Waals surface area contributed by atoms with Crippen molar-refractivity contribution in [1.82, 2.24) is 10.2 Å². The lowest BCUT2D eigenvalue weighted by molar-refractivity contribution is -0.114. The topological polar surface area (TPSA) is 90.1 Å². The van der Waals surface area contributed by atoms with Gasteiger partial charge >= 0.3 is 0 Å². The molecule has 100 valence electrons. The Balaban J connectivity index is 1.79. The van der Waals surface area contributed by atoms with Crippen molar-refractivity contribution >= 4 is 22.4 Å². The highest BCUT2D eigenvalue weighted by Crippen LogP contribution is 2.16. The monoisotopic (exact) mass is 278 g/mol. The number of hydrogen-bond acceptors (Lipinski definition) is 6. The van der Waals surface area contributed by atoms with Crippen LogP contribution in [0.2, 0.25) is 0 Å². The molecular weight excluding hydrogens is 264 g/mol. The number of para-hydroxylation sites is 1. The van der Waals surface area contributed by atoms with Crippen molar-refractivity contribution in [2.45, 2.75) is 6.42 Å². The van der Waals surface area contributed by atoms with Crippen LogP contribution in [-0.4, -0.2) is 29.3 Å². The third-order valence-corrected chi connectivity index (χ3v) is 3.12. The van der Waals surface area contributed by atoms with Crippen molar-refractivity contribution in [2.24, 2.45) is 5.73 Å². The average Bonchev–Trinajstić information content (AvgIpc) is 2.87. The molecule has 1 aromatic carbocycles. The van der Waals surface area contributed by atoms with Crippen LogP contribution in [-0.2, 0) is 11.2 Å². The van der Waals surface area contributed by atoms with Crippen molar-refractivity contribution in [1.29, 1.82) is 0 Å². The Labute approximate surface area is 114 Å². The van der Waals surface area contributed by atoms with Gasteiger partial charge in [-0.15, -0.1) is 10.2 Å². The first-order valence-electron chi connectivity index (χ1n) is 5.78. The number of ether oxygens (including phenoxy) is 1. The Kier molecular flexibility index (Phi) is 4.82. The second kappa shape index (κ2) is 6.81. The van der Waals surface area contributed by atoms with Crippen molar-refractivity contribution in [3.8, 4) is 5.75 Å². The van der Waals surface area contributed by atoms with Gasteiger partial charge in [0, 0.05) is 6.42 Å². The molecule has 1 heterocycles. The van der Waals surface area contributed by atoms with Gasteiger partial charge in [0.15, 0.2) is 0 Å². The lowest BCUT2D eigenvalue weighted by Crippen LogP contribution is -2.21. The zero-order chi connectivity index (χ0) is 13.5. The number of amides is 1. The molecule has 0 fully saturated rings. The minimum Gasteiger partial charge on any atom is -0.493 e. The largest absolute Gasteiger partial charge is 0.493 e. The molecule has 1 aromatic heterocycles. The summed E-state index contributed by atoms with van der Waals surface area (Å²) >= 11 is 1.32. The Morgan fingerprint density at radius 1 is 1.32 bits per heavy atom. The first-order valence-corrected chi connectivity index (χ1v) is 6.59. The molecule has 0 aliphatic heterocycles. The van der Waals surface area contributed by atoms with E-state index in [2.05, 4.69) is 15.5 Å². The Morgan fingerprint density at radius 3 is 2.84 bits per heavy atom. The highest BCUT2D eigenvalue weighted by molar-refractivity contribution is 7.15. The molecule has 6 nitrogen and oxygen atoms in total. The van der Waals surface area contributed by atoms with Crippen LogP contribution >= 0.6 is 11.3 Å². The maximum Gasteiger partial charge on any atom is 0.239 e. The summed E-state index contributed by atoms with van der Waals surface area (Å²) in [5, 5.41) is 11.7. The number of benzene rings is 1. The fraction of sp³-hybridized carbons (Fsp3) is 0.250. The van der Waals surface area contributed by atoms with Gasteiger partial charge in [-0.25, -0.2) is 0 Å². The summed E-state index contributed by atoms with van der Waals surface area (Å²) in [6.45, 7) is 0.454. The molecule has 19 heavy (non-hydrogen) atoms. The van der Waals surface area contributed by atoms with E-state index in [4.69, 9.17) is 10.5 Å². The Morgan fingerprint density at radius 2 is 2.11 bits per heavy atom. The lowest BCUT2D eigenvalue weighted by atomic mass is 10.3. The number of nitrogens with two attached hydrogens (primary N) is 1. The minimum absolute atomic E-state index is 0.0635. The third-order valence-electron chi connectivity index (χ3n) is 2.23. The van der Waals surface area contributed by atoms with Crippen LogP contribution in [0.4, 0.5) is 5.13 Å². The maximum atomic E-state index is 11.1. The summed E-state index contributed by atoms with van der Waals surface area (Å²) in [4.78, 5) is 11.1. The van der Waals surface area contributed by atoms with E-state index in [-0.39, 0.29) is 12.5 Å². The first-order chi connectivity index (χ1) is 9.28. The molecule has 0 radical (unpaired) electrons. The maximum absolute atomic E-state index is 11.1. The van der Waals surface area contributed by atoms with E-state index >= 15 is 0 Å². The highest BCUT2D eigenvalue weighted by atomic mass is 32.1. The summed E-state index contributed by atoms with van der Waals surface area (Å²) in [7, 11) is 0. The minimum atomic E-state index is -0.275. The highest BCUT2D eigenvalue weighted by Gasteiger charge is 2.06. The van der Waals surface area contributed by atoms with Gasteiger partial charge in [0.25, 0.3) is 0 Å². The van der Waals surface area contributed by atoms with E-state index in [1.165, 1.54) is 11.3 Å². The van der Waals surface area contributed by atoms with Crippen molar-refractivity contribution in [3.05, 3.63) is 35.3 Å². The normalized spacial score (nSPS) is 10.2. The van der Waals surface area contributed by atoms with Gasteiger partial charge in [0.2, 0.25) is 11.0 Å². The number of nitrogens with one attached hydrogen (secondary N) is 1. The summed E-state index contributed by atoms with van der Waals surface area (Å²) < 4.78 is 5.55. The van der Waals surface area contributed by atoms with E-state index in [0.29, 0.717) is 18.2 Å². The number of rotatable bonds is 6. The summed E-state index contributed by atoms with van der Waals surface area (Å²) in [6, 6.07) is 9.56. The fourth-order valence-corrected chi connectivity index (χ4v) is 2.09. The smallest absolute Gasteiger partial charge is 0.239 e. The summed E-state index contributed by atoms with van der Waals surface area (Å²) in [6.07, 6.45) is 0.644. The van der Waals surface area contributed by atoms with E-state index in [0.717, 1.165) is 10.8 Å². The summed E-state index contributed by atoms with van der Waals surface area (Å²) in [5.41, 5.74) is 5.20. The van der Waals surface area contributed by atoms with Crippen molar-refractivity contribution in [2.75, 3.05) is 18.5 Å². The van der Waals surface area contributed by atoms with Crippen LogP contribution in [0.3, 0.4) is 0 Å². The number of nitrogens with zero attached hydrogens (tertiary/aromatic N) is 2. The third kappa shape index (κ3) is 4.31. The number of hydrogen-bond donors (Lipinski definition) is 2. The van der Waals surface area contributed by atoms with Crippen molar-refractivity contribution in [3.63, 3.8) is 0 Å². The molecule has 0 spiro atoms. The van der Waals surface area contributed by atoms with Gasteiger partial charge in [0.05, 0.1) is 13.2 Å². The van der Waals surface area contributed by atoms with Gasteiger partial charge in [0.1, 0.15) is 10.8 Å². The van der Waals surface area contributed by atoms with E-state index in [1.54, 1.807) is 0 Å². The van der Waals surface area contributed by atoms with Gasteiger partial charge < -0.3 is 10.5 Å². The van der Waals surface area contributed by atoms with Gasteiger partial charge in [-0.2, -0.15) is 0 Å². The molecule has 3 N–H and O–H groups in total. The molecule has 2 aromatic rings. The second-order valence-electron chi connectivity index (χ2n) is 3.66. The average molecular weight is 278 g/mol. The van der Waals surface area contributed by atoms with Crippen LogP contribution < -0.4 is 15.8 Å². The summed E-state index contributed by atoms with van der Waals surface area (Å²) in [5.74, 6) is 0.548. The molecule has 2 rings (SSSR count). The fourth-order valence-electron chi connectivity index (χ4n) is 1.35.